The summed E-state index contributed by atoms with van der Waals surface area (Å²) < 4.78 is 0. The molecule has 2 heterocycles. The Hall–Kier alpha value is -2.79. The summed E-state index contributed by atoms with van der Waals surface area (Å²) in [7, 11) is 0. The third-order valence-electron chi connectivity index (χ3n) is 4.66. The predicted molar refractivity (Wildman–Crippen MR) is 108 cm³/mol. The van der Waals surface area contributed by atoms with Gasteiger partial charge in [0.2, 0.25) is 0 Å². The highest BCUT2D eigenvalue weighted by Crippen LogP contribution is 2.36. The second kappa shape index (κ2) is 7.62. The van der Waals surface area contributed by atoms with Crippen LogP contribution in [-0.2, 0) is 6.42 Å². The van der Waals surface area contributed by atoms with Gasteiger partial charge in [-0.1, -0.05) is 42.5 Å². The predicted octanol–water partition coefficient (Wildman–Crippen LogP) is 4.67. The summed E-state index contributed by atoms with van der Waals surface area (Å²) >= 11 is 1.73. The molecule has 1 aliphatic rings. The van der Waals surface area contributed by atoms with Crippen LogP contribution >= 0.6 is 11.3 Å². The Kier molecular flexibility index (Phi) is 4.88. The molecule has 0 fully saturated rings. The molecule has 1 aromatic heterocycles. The summed E-state index contributed by atoms with van der Waals surface area (Å²) in [6.45, 7) is 1.54. The molecular formula is C21H21N3OS. The van der Waals surface area contributed by atoms with E-state index in [0.717, 1.165) is 18.7 Å². The van der Waals surface area contributed by atoms with E-state index in [1.807, 2.05) is 30.3 Å². The summed E-state index contributed by atoms with van der Waals surface area (Å²) in [6.07, 6.45) is 1.05. The summed E-state index contributed by atoms with van der Waals surface area (Å²) in [5, 5.41) is 8.02. The second-order valence-electron chi connectivity index (χ2n) is 6.30. The van der Waals surface area contributed by atoms with Crippen LogP contribution in [0.15, 0.2) is 72.1 Å². The van der Waals surface area contributed by atoms with Crippen molar-refractivity contribution in [2.75, 3.05) is 23.3 Å². The van der Waals surface area contributed by atoms with E-state index >= 15 is 0 Å². The van der Waals surface area contributed by atoms with Crippen LogP contribution < -0.4 is 15.5 Å². The zero-order valence-corrected chi connectivity index (χ0v) is 15.2. The van der Waals surface area contributed by atoms with Crippen molar-refractivity contribution < 1.29 is 4.79 Å². The number of rotatable bonds is 5. The van der Waals surface area contributed by atoms with Gasteiger partial charge in [-0.05, 0) is 41.6 Å². The van der Waals surface area contributed by atoms with E-state index in [1.165, 1.54) is 16.1 Å². The number of thiophene rings is 1. The molecule has 3 aromatic rings. The molecule has 1 atom stereocenters. The number of anilines is 2. The highest BCUT2D eigenvalue weighted by Gasteiger charge is 2.27. The lowest BCUT2D eigenvalue weighted by Crippen LogP contribution is -2.38. The van der Waals surface area contributed by atoms with Gasteiger partial charge in [-0.3, -0.25) is 0 Å². The van der Waals surface area contributed by atoms with Crippen molar-refractivity contribution in [1.82, 2.24) is 5.32 Å². The van der Waals surface area contributed by atoms with Crippen LogP contribution in [0.25, 0.3) is 0 Å². The standard InChI is InChI=1S/C21H21N3OS/c25-21(23-17-8-2-1-3-9-17)22-15-19(20-11-6-14-26-20)24-13-12-16-7-4-5-10-18(16)24/h1-11,14,19H,12-13,15H2,(H2,22,23,25)/t19-/m0/s1. The van der Waals surface area contributed by atoms with Crippen LogP contribution in [-0.4, -0.2) is 19.1 Å². The highest BCUT2D eigenvalue weighted by molar-refractivity contribution is 7.10. The minimum Gasteiger partial charge on any atom is -0.361 e. The van der Waals surface area contributed by atoms with E-state index in [2.05, 4.69) is 57.3 Å². The third-order valence-corrected chi connectivity index (χ3v) is 5.63. The van der Waals surface area contributed by atoms with E-state index in [0.29, 0.717) is 6.54 Å². The topological polar surface area (TPSA) is 44.4 Å². The molecule has 4 rings (SSSR count). The number of hydrogen-bond acceptors (Lipinski definition) is 3. The van der Waals surface area contributed by atoms with Gasteiger partial charge in [-0.2, -0.15) is 0 Å². The van der Waals surface area contributed by atoms with Crippen LogP contribution in [0.3, 0.4) is 0 Å². The number of nitrogens with zero attached hydrogens (tertiary/aromatic N) is 1. The minimum absolute atomic E-state index is 0.139. The van der Waals surface area contributed by atoms with Crippen molar-refractivity contribution in [2.24, 2.45) is 0 Å². The Balaban J connectivity index is 1.48. The van der Waals surface area contributed by atoms with Gasteiger partial charge >= 0.3 is 6.03 Å². The number of carbonyl (C=O) groups is 1. The van der Waals surface area contributed by atoms with E-state index in [1.54, 1.807) is 11.3 Å². The number of para-hydroxylation sites is 2. The summed E-state index contributed by atoms with van der Waals surface area (Å²) in [5.74, 6) is 0. The fourth-order valence-electron chi connectivity index (χ4n) is 3.42. The maximum Gasteiger partial charge on any atom is 0.319 e. The van der Waals surface area contributed by atoms with Gasteiger partial charge in [-0.25, -0.2) is 4.79 Å². The zero-order chi connectivity index (χ0) is 17.8. The molecule has 132 valence electrons. The van der Waals surface area contributed by atoms with E-state index in [-0.39, 0.29) is 12.1 Å². The van der Waals surface area contributed by atoms with E-state index in [4.69, 9.17) is 0 Å². The zero-order valence-electron chi connectivity index (χ0n) is 14.4. The van der Waals surface area contributed by atoms with Gasteiger partial charge in [0.1, 0.15) is 0 Å². The normalized spacial score (nSPS) is 13.9. The number of amides is 2. The molecule has 0 spiro atoms. The lowest BCUT2D eigenvalue weighted by Gasteiger charge is -2.30. The van der Waals surface area contributed by atoms with Gasteiger partial charge in [0.15, 0.2) is 0 Å². The van der Waals surface area contributed by atoms with Crippen LogP contribution in [0.1, 0.15) is 16.5 Å². The fraction of sp³-hybridized carbons (Fsp3) is 0.190. The molecule has 5 heteroatoms. The number of nitrogens with one attached hydrogen (secondary N) is 2. The van der Waals surface area contributed by atoms with Gasteiger partial charge in [0.05, 0.1) is 6.04 Å². The molecule has 2 N–H and O–H groups in total. The summed E-state index contributed by atoms with van der Waals surface area (Å²) in [5.41, 5.74) is 3.45. The van der Waals surface area contributed by atoms with Gasteiger partial charge < -0.3 is 15.5 Å². The minimum atomic E-state index is -0.176. The number of fused-ring (bicyclic) bond motifs is 1. The Morgan fingerprint density at radius 1 is 1.04 bits per heavy atom. The van der Waals surface area contributed by atoms with E-state index < -0.39 is 0 Å². The first-order valence-corrected chi connectivity index (χ1v) is 9.67. The third kappa shape index (κ3) is 3.58. The molecule has 0 radical (unpaired) electrons. The quantitative estimate of drug-likeness (QED) is 0.692. The van der Waals surface area contributed by atoms with Crippen molar-refractivity contribution in [3.05, 3.63) is 82.6 Å². The van der Waals surface area contributed by atoms with Crippen molar-refractivity contribution in [3.63, 3.8) is 0 Å². The number of hydrogen-bond donors (Lipinski definition) is 2. The summed E-state index contributed by atoms with van der Waals surface area (Å²) in [6, 6.07) is 22.2. The molecule has 0 aliphatic carbocycles. The number of benzene rings is 2. The Morgan fingerprint density at radius 3 is 2.65 bits per heavy atom. The maximum absolute atomic E-state index is 12.3. The molecule has 2 aromatic carbocycles. The summed E-state index contributed by atoms with van der Waals surface area (Å²) in [4.78, 5) is 16.0. The SMILES string of the molecule is O=C(NC[C@@H](c1cccs1)N1CCc2ccccc21)Nc1ccccc1. The Morgan fingerprint density at radius 2 is 1.85 bits per heavy atom. The molecular weight excluding hydrogens is 342 g/mol. The van der Waals surface area contributed by atoms with Crippen molar-refractivity contribution in [1.29, 1.82) is 0 Å². The Labute approximate surface area is 157 Å². The first-order chi connectivity index (χ1) is 12.8. The Bertz CT molecular complexity index is 864. The van der Waals surface area contributed by atoms with Gasteiger partial charge in [-0.15, -0.1) is 11.3 Å². The first-order valence-electron chi connectivity index (χ1n) is 8.79. The van der Waals surface area contributed by atoms with Gasteiger partial charge in [0, 0.05) is 29.3 Å². The average molecular weight is 363 g/mol. The first kappa shape index (κ1) is 16.7. The molecule has 4 nitrogen and oxygen atoms in total. The van der Waals surface area contributed by atoms with Crippen LogP contribution in [0.2, 0.25) is 0 Å². The molecule has 1 aliphatic heterocycles. The largest absolute Gasteiger partial charge is 0.361 e. The number of urea groups is 1. The van der Waals surface area contributed by atoms with Crippen molar-refractivity contribution in [2.45, 2.75) is 12.5 Å². The molecule has 0 unspecified atom stereocenters. The van der Waals surface area contributed by atoms with Crippen molar-refractivity contribution in [3.8, 4) is 0 Å². The maximum atomic E-state index is 12.3. The van der Waals surface area contributed by atoms with Crippen LogP contribution in [0.5, 0.6) is 0 Å². The fourth-order valence-corrected chi connectivity index (χ4v) is 4.26. The monoisotopic (exact) mass is 363 g/mol. The van der Waals surface area contributed by atoms with Crippen LogP contribution in [0, 0.1) is 0 Å². The van der Waals surface area contributed by atoms with Gasteiger partial charge in [0.25, 0.3) is 0 Å². The molecule has 0 saturated carbocycles. The molecule has 0 bridgehead atoms. The molecule has 26 heavy (non-hydrogen) atoms. The van der Waals surface area contributed by atoms with E-state index in [9.17, 15) is 4.79 Å². The molecule has 0 saturated heterocycles. The second-order valence-corrected chi connectivity index (χ2v) is 7.28. The number of carbonyl (C=O) groups excluding carboxylic acids is 1. The molecule has 2 amide bonds. The van der Waals surface area contributed by atoms with Crippen LogP contribution in [0.4, 0.5) is 16.2 Å². The lowest BCUT2D eigenvalue weighted by molar-refractivity contribution is 0.251. The smallest absolute Gasteiger partial charge is 0.319 e. The van der Waals surface area contributed by atoms with Crippen molar-refractivity contribution >= 4 is 28.7 Å². The average Bonchev–Trinajstić information content (AvgIpc) is 3.34. The lowest BCUT2D eigenvalue weighted by atomic mass is 10.1. The highest BCUT2D eigenvalue weighted by atomic mass is 32.1.